The molecule has 3 rings (SSSR count). The molecule has 0 unspecified atom stereocenters. The van der Waals surface area contributed by atoms with Crippen LogP contribution in [0.3, 0.4) is 0 Å². The molecule has 0 atom stereocenters. The zero-order valence-electron chi connectivity index (χ0n) is 14.0. The lowest BCUT2D eigenvalue weighted by Gasteiger charge is -2.35. The van der Waals surface area contributed by atoms with E-state index in [9.17, 15) is 13.2 Å². The summed E-state index contributed by atoms with van der Waals surface area (Å²) in [5.41, 5.74) is 0.810. The summed E-state index contributed by atoms with van der Waals surface area (Å²) in [4.78, 5) is 7.98. The van der Waals surface area contributed by atoms with E-state index in [4.69, 9.17) is 0 Å². The van der Waals surface area contributed by atoms with Crippen molar-refractivity contribution >= 4 is 0 Å². The third-order valence-corrected chi connectivity index (χ3v) is 4.58. The van der Waals surface area contributed by atoms with E-state index < -0.39 is 11.9 Å². The van der Waals surface area contributed by atoms with Crippen molar-refractivity contribution in [3.8, 4) is 0 Å². The van der Waals surface area contributed by atoms with Crippen LogP contribution < -0.4 is 0 Å². The van der Waals surface area contributed by atoms with E-state index in [-0.39, 0.29) is 5.56 Å². The summed E-state index contributed by atoms with van der Waals surface area (Å²) in [6, 6.07) is 13.4. The molecule has 6 heteroatoms. The highest BCUT2D eigenvalue weighted by molar-refractivity contribution is 5.22. The summed E-state index contributed by atoms with van der Waals surface area (Å²) in [5, 5.41) is 0. The van der Waals surface area contributed by atoms with Gasteiger partial charge in [0.05, 0.1) is 0 Å². The van der Waals surface area contributed by atoms with Gasteiger partial charge in [-0.1, -0.05) is 36.4 Å². The molecule has 1 aliphatic rings. The topological polar surface area (TPSA) is 19.4 Å². The number of halogens is 3. The first-order valence-corrected chi connectivity index (χ1v) is 8.52. The number of rotatable bonds is 5. The molecule has 0 amide bonds. The van der Waals surface area contributed by atoms with Crippen LogP contribution in [0.2, 0.25) is 0 Å². The number of pyridine rings is 1. The Hall–Kier alpha value is -1.92. The average molecular weight is 349 g/mol. The predicted octanol–water partition coefficient (Wildman–Crippen LogP) is 3.46. The van der Waals surface area contributed by atoms with Gasteiger partial charge < -0.3 is 4.90 Å². The van der Waals surface area contributed by atoms with Gasteiger partial charge in [0, 0.05) is 45.5 Å². The monoisotopic (exact) mass is 349 g/mol. The normalized spacial score (nSPS) is 16.9. The van der Waals surface area contributed by atoms with Gasteiger partial charge >= 0.3 is 6.18 Å². The second kappa shape index (κ2) is 7.97. The molecule has 0 spiro atoms. The largest absolute Gasteiger partial charge is 0.433 e. The Morgan fingerprint density at radius 1 is 0.880 bits per heavy atom. The highest BCUT2D eigenvalue weighted by Gasteiger charge is 2.35. The quantitative estimate of drug-likeness (QED) is 0.824. The third-order valence-electron chi connectivity index (χ3n) is 4.58. The first-order valence-electron chi connectivity index (χ1n) is 8.52. The molecule has 0 aliphatic carbocycles. The number of aromatic nitrogens is 1. The Morgan fingerprint density at radius 3 is 2.24 bits per heavy atom. The Bertz CT molecular complexity index is 665. The summed E-state index contributed by atoms with van der Waals surface area (Å²) in [7, 11) is 0. The first-order chi connectivity index (χ1) is 12.0. The van der Waals surface area contributed by atoms with Crippen molar-refractivity contribution in [2.75, 3.05) is 32.7 Å². The highest BCUT2D eigenvalue weighted by atomic mass is 19.4. The number of hydrogen-bond acceptors (Lipinski definition) is 3. The molecule has 1 aromatic carbocycles. The molecule has 25 heavy (non-hydrogen) atoms. The van der Waals surface area contributed by atoms with E-state index in [1.165, 1.54) is 17.8 Å². The lowest BCUT2D eigenvalue weighted by Crippen LogP contribution is -2.46. The fraction of sp³-hybridized carbons (Fsp3) is 0.421. The van der Waals surface area contributed by atoms with Gasteiger partial charge in [-0.2, -0.15) is 13.2 Å². The molecule has 1 fully saturated rings. The van der Waals surface area contributed by atoms with E-state index in [0.717, 1.165) is 39.1 Å². The van der Waals surface area contributed by atoms with Crippen molar-refractivity contribution < 1.29 is 13.2 Å². The molecule has 0 radical (unpaired) electrons. The molecular formula is C19H22F3N3. The van der Waals surface area contributed by atoms with Crippen LogP contribution in [0.1, 0.15) is 16.8 Å². The molecule has 134 valence electrons. The molecule has 1 aliphatic heterocycles. The van der Waals surface area contributed by atoms with Gasteiger partial charge in [0.15, 0.2) is 0 Å². The fourth-order valence-corrected chi connectivity index (χ4v) is 3.17. The Balaban J connectivity index is 1.50. The van der Waals surface area contributed by atoms with Gasteiger partial charge in [0.1, 0.15) is 5.69 Å². The zero-order valence-corrected chi connectivity index (χ0v) is 14.0. The molecule has 1 aromatic heterocycles. The van der Waals surface area contributed by atoms with Gasteiger partial charge in [-0.25, -0.2) is 0 Å². The summed E-state index contributed by atoms with van der Waals surface area (Å²) < 4.78 is 39.1. The van der Waals surface area contributed by atoms with Gasteiger partial charge in [0.25, 0.3) is 0 Å². The molecule has 3 nitrogen and oxygen atoms in total. The van der Waals surface area contributed by atoms with Crippen LogP contribution in [0.5, 0.6) is 0 Å². The first kappa shape index (κ1) is 17.9. The number of alkyl halides is 3. The van der Waals surface area contributed by atoms with Gasteiger partial charge in [-0.3, -0.25) is 9.88 Å². The van der Waals surface area contributed by atoms with Crippen molar-refractivity contribution in [2.45, 2.75) is 19.1 Å². The van der Waals surface area contributed by atoms with Gasteiger partial charge in [0.2, 0.25) is 0 Å². The standard InChI is InChI=1S/C19H22F3N3/c20-19(21,22)18-17(7-4-9-23-18)15-25-13-11-24(12-14-25)10-8-16-5-2-1-3-6-16/h1-7,9H,8,10-15H2. The summed E-state index contributed by atoms with van der Waals surface area (Å²) in [6.45, 7) is 4.61. The molecule has 0 bridgehead atoms. The van der Waals surface area contributed by atoms with Crippen molar-refractivity contribution in [3.63, 3.8) is 0 Å². The fourth-order valence-electron chi connectivity index (χ4n) is 3.17. The highest BCUT2D eigenvalue weighted by Crippen LogP contribution is 2.30. The van der Waals surface area contributed by atoms with E-state index >= 15 is 0 Å². The van der Waals surface area contributed by atoms with Crippen LogP contribution in [0.4, 0.5) is 13.2 Å². The molecule has 2 aromatic rings. The van der Waals surface area contributed by atoms with Crippen LogP contribution in [0.25, 0.3) is 0 Å². The minimum absolute atomic E-state index is 0.257. The van der Waals surface area contributed by atoms with E-state index in [1.807, 2.05) is 18.2 Å². The minimum atomic E-state index is -4.39. The maximum Gasteiger partial charge on any atom is 0.433 e. The van der Waals surface area contributed by atoms with Crippen molar-refractivity contribution in [1.29, 1.82) is 0 Å². The number of benzene rings is 1. The second-order valence-corrected chi connectivity index (χ2v) is 6.36. The lowest BCUT2D eigenvalue weighted by molar-refractivity contribution is -0.142. The van der Waals surface area contributed by atoms with E-state index in [1.54, 1.807) is 6.07 Å². The Labute approximate surface area is 146 Å². The molecule has 1 saturated heterocycles. The zero-order chi connectivity index (χ0) is 17.7. The van der Waals surface area contributed by atoms with Crippen LogP contribution in [-0.2, 0) is 19.1 Å². The van der Waals surface area contributed by atoms with E-state index in [0.29, 0.717) is 6.54 Å². The molecule has 0 saturated carbocycles. The minimum Gasteiger partial charge on any atom is -0.300 e. The van der Waals surface area contributed by atoms with Crippen molar-refractivity contribution in [1.82, 2.24) is 14.8 Å². The molecule has 2 heterocycles. The Morgan fingerprint density at radius 2 is 1.56 bits per heavy atom. The summed E-state index contributed by atoms with van der Waals surface area (Å²) >= 11 is 0. The third kappa shape index (κ3) is 5.03. The van der Waals surface area contributed by atoms with E-state index in [2.05, 4.69) is 26.9 Å². The smallest absolute Gasteiger partial charge is 0.300 e. The number of hydrogen-bond donors (Lipinski definition) is 0. The maximum absolute atomic E-state index is 13.0. The van der Waals surface area contributed by atoms with Crippen LogP contribution in [0, 0.1) is 0 Å². The molecule has 0 N–H and O–H groups in total. The number of nitrogens with zero attached hydrogens (tertiary/aromatic N) is 3. The lowest BCUT2D eigenvalue weighted by atomic mass is 10.1. The second-order valence-electron chi connectivity index (χ2n) is 6.36. The van der Waals surface area contributed by atoms with Crippen molar-refractivity contribution in [2.24, 2.45) is 0 Å². The summed E-state index contributed by atoms with van der Waals surface area (Å²) in [6.07, 6.45) is -2.19. The SMILES string of the molecule is FC(F)(F)c1ncccc1CN1CCN(CCc2ccccc2)CC1. The summed E-state index contributed by atoms with van der Waals surface area (Å²) in [5.74, 6) is 0. The average Bonchev–Trinajstić information content (AvgIpc) is 2.62. The van der Waals surface area contributed by atoms with Crippen LogP contribution in [0.15, 0.2) is 48.7 Å². The maximum atomic E-state index is 13.0. The predicted molar refractivity (Wildman–Crippen MR) is 91.1 cm³/mol. The van der Waals surface area contributed by atoms with Gasteiger partial charge in [-0.15, -0.1) is 0 Å². The van der Waals surface area contributed by atoms with Crippen molar-refractivity contribution in [3.05, 3.63) is 65.5 Å². The van der Waals surface area contributed by atoms with Crippen LogP contribution in [-0.4, -0.2) is 47.5 Å². The van der Waals surface area contributed by atoms with Crippen LogP contribution >= 0.6 is 0 Å². The Kier molecular flexibility index (Phi) is 5.71. The molecular weight excluding hydrogens is 327 g/mol. The number of piperazine rings is 1. The van der Waals surface area contributed by atoms with Gasteiger partial charge in [-0.05, 0) is 23.6 Å².